The minimum Gasteiger partial charge on any atom is -0.504 e. The summed E-state index contributed by atoms with van der Waals surface area (Å²) in [6, 6.07) is 7.07. The van der Waals surface area contributed by atoms with Gasteiger partial charge < -0.3 is 24.4 Å². The van der Waals surface area contributed by atoms with Crippen molar-refractivity contribution >= 4 is 0 Å². The molecule has 6 nitrogen and oxygen atoms in total. The Morgan fingerprint density at radius 2 is 1.78 bits per heavy atom. The molecule has 0 fully saturated rings. The smallest absolute Gasteiger partial charge is 0.203 e. The second-order valence-corrected chi connectivity index (χ2v) is 6.70. The first-order chi connectivity index (χ1) is 13.4. The Kier molecular flexibility index (Phi) is 5.25. The molecule has 2 atom stereocenters. The second-order valence-electron chi connectivity index (χ2n) is 6.70. The van der Waals surface area contributed by atoms with Crippen molar-refractivity contribution in [2.24, 2.45) is 0 Å². The standard InChI is InChI=1S/C21H27NO5/c1-22-8-7-14-11-19(25-2)17(23)12-15(14)16(22)6-5-13-9-18(24)21(27-4)20(10-13)26-3/h9-12,16,23-24H,5-8H2,1-4H3/t16-/m0/s1/i7T/t7-,16-. The fraction of sp³-hybridized carbons (Fsp3) is 0.429. The highest BCUT2D eigenvalue weighted by molar-refractivity contribution is 5.53. The molecular formula is C21H27NO5. The van der Waals surface area contributed by atoms with Gasteiger partial charge >= 0.3 is 0 Å². The average Bonchev–Trinajstić information content (AvgIpc) is 2.66. The Labute approximate surface area is 161 Å². The van der Waals surface area contributed by atoms with Crippen molar-refractivity contribution < 1.29 is 25.8 Å². The number of likely N-dealkylation sites (N-methyl/N-ethyl adjacent to an activating group) is 1. The van der Waals surface area contributed by atoms with Gasteiger partial charge in [0.15, 0.2) is 23.0 Å². The van der Waals surface area contributed by atoms with Crippen LogP contribution < -0.4 is 14.2 Å². The lowest BCUT2D eigenvalue weighted by Crippen LogP contribution is -2.32. The molecule has 1 heterocycles. The van der Waals surface area contributed by atoms with Crippen molar-refractivity contribution in [3.05, 3.63) is 41.0 Å². The van der Waals surface area contributed by atoms with Crippen LogP contribution in [-0.4, -0.2) is 50.0 Å². The van der Waals surface area contributed by atoms with E-state index in [0.29, 0.717) is 30.2 Å². The highest BCUT2D eigenvalue weighted by Gasteiger charge is 2.26. The van der Waals surface area contributed by atoms with Gasteiger partial charge in [-0.1, -0.05) is 0 Å². The van der Waals surface area contributed by atoms with Crippen molar-refractivity contribution in [1.29, 1.82) is 0 Å². The number of aromatic hydroxyl groups is 2. The van der Waals surface area contributed by atoms with E-state index in [9.17, 15) is 10.2 Å². The van der Waals surface area contributed by atoms with Gasteiger partial charge in [-0.25, -0.2) is 0 Å². The number of methoxy groups -OCH3 is 3. The molecule has 2 N–H and O–H groups in total. The van der Waals surface area contributed by atoms with E-state index in [1.54, 1.807) is 18.2 Å². The second kappa shape index (κ2) is 7.96. The van der Waals surface area contributed by atoms with E-state index in [1.807, 2.05) is 13.1 Å². The van der Waals surface area contributed by atoms with Crippen LogP contribution in [0.25, 0.3) is 0 Å². The van der Waals surface area contributed by atoms with Crippen molar-refractivity contribution in [3.8, 4) is 28.7 Å². The van der Waals surface area contributed by atoms with E-state index in [0.717, 1.165) is 23.1 Å². The average molecular weight is 375 g/mol. The van der Waals surface area contributed by atoms with Gasteiger partial charge in [0.2, 0.25) is 5.75 Å². The number of benzene rings is 2. The van der Waals surface area contributed by atoms with E-state index in [1.165, 1.54) is 21.3 Å². The first kappa shape index (κ1) is 17.8. The molecule has 0 unspecified atom stereocenters. The maximum Gasteiger partial charge on any atom is 0.203 e. The Balaban J connectivity index is 1.88. The van der Waals surface area contributed by atoms with Crippen molar-refractivity contribution in [1.82, 2.24) is 4.90 Å². The molecule has 6 heteroatoms. The third kappa shape index (κ3) is 3.76. The molecule has 0 amide bonds. The van der Waals surface area contributed by atoms with Crippen LogP contribution in [0.2, 0.25) is 0 Å². The van der Waals surface area contributed by atoms with Gasteiger partial charge in [-0.05, 0) is 67.2 Å². The van der Waals surface area contributed by atoms with Gasteiger partial charge in [-0.2, -0.15) is 0 Å². The molecule has 146 valence electrons. The summed E-state index contributed by atoms with van der Waals surface area (Å²) in [5.74, 6) is 1.33. The molecule has 0 saturated carbocycles. The summed E-state index contributed by atoms with van der Waals surface area (Å²) in [5.41, 5.74) is 2.75. The summed E-state index contributed by atoms with van der Waals surface area (Å²) in [4.78, 5) is 2.13. The van der Waals surface area contributed by atoms with Crippen LogP contribution >= 0.6 is 0 Å². The molecule has 2 aromatic rings. The van der Waals surface area contributed by atoms with Gasteiger partial charge in [0, 0.05) is 14.0 Å². The number of ether oxygens (including phenoxy) is 3. The molecule has 3 rings (SSSR count). The molecule has 2 aromatic carbocycles. The monoisotopic (exact) mass is 375 g/mol. The third-order valence-corrected chi connectivity index (χ3v) is 5.10. The van der Waals surface area contributed by atoms with Gasteiger partial charge in [0.1, 0.15) is 0 Å². The van der Waals surface area contributed by atoms with Crippen LogP contribution in [-0.2, 0) is 12.8 Å². The van der Waals surface area contributed by atoms with E-state index in [-0.39, 0.29) is 17.5 Å². The van der Waals surface area contributed by atoms with Crippen LogP contribution in [0.5, 0.6) is 28.7 Å². The van der Waals surface area contributed by atoms with E-state index < -0.39 is 6.40 Å². The number of aryl methyl sites for hydroxylation is 1. The number of hydrogen-bond acceptors (Lipinski definition) is 6. The highest BCUT2D eigenvalue weighted by atomic mass is 16.5. The first-order valence-electron chi connectivity index (χ1n) is 9.44. The third-order valence-electron chi connectivity index (χ3n) is 5.10. The number of hydrogen-bond donors (Lipinski definition) is 2. The van der Waals surface area contributed by atoms with E-state index in [4.69, 9.17) is 15.6 Å². The lowest BCUT2D eigenvalue weighted by atomic mass is 9.88. The zero-order chi connectivity index (χ0) is 20.4. The van der Waals surface area contributed by atoms with Crippen LogP contribution in [0.15, 0.2) is 24.3 Å². The summed E-state index contributed by atoms with van der Waals surface area (Å²) in [7, 11) is 6.53. The molecule has 0 spiro atoms. The van der Waals surface area contributed by atoms with Gasteiger partial charge in [0.25, 0.3) is 0 Å². The fourth-order valence-corrected chi connectivity index (χ4v) is 3.66. The zero-order valence-corrected chi connectivity index (χ0v) is 16.2. The lowest BCUT2D eigenvalue weighted by molar-refractivity contribution is 0.218. The predicted molar refractivity (Wildman–Crippen MR) is 103 cm³/mol. The SMILES string of the molecule is [3H][C@H]1CN(C)[C@@H](CCc2cc(O)c(OC)c(OC)c2)c2cc(O)c(OC)cc21. The fourth-order valence-electron chi connectivity index (χ4n) is 3.66. The van der Waals surface area contributed by atoms with Gasteiger partial charge in [-0.15, -0.1) is 0 Å². The molecule has 0 radical (unpaired) electrons. The van der Waals surface area contributed by atoms with Gasteiger partial charge in [-0.3, -0.25) is 4.90 Å². The summed E-state index contributed by atoms with van der Waals surface area (Å²) in [6.07, 6.45) is 1.06. The lowest BCUT2D eigenvalue weighted by Gasteiger charge is -2.35. The zero-order valence-electron chi connectivity index (χ0n) is 17.2. The Hall–Kier alpha value is -2.60. The van der Waals surface area contributed by atoms with Crippen LogP contribution in [0.1, 0.15) is 30.5 Å². The van der Waals surface area contributed by atoms with E-state index >= 15 is 0 Å². The van der Waals surface area contributed by atoms with Crippen LogP contribution in [0.4, 0.5) is 0 Å². The maximum atomic E-state index is 10.2. The molecule has 1 aliphatic heterocycles. The van der Waals surface area contributed by atoms with Crippen molar-refractivity contribution in [3.63, 3.8) is 0 Å². The molecule has 0 bridgehead atoms. The number of phenolic OH excluding ortho intramolecular Hbond substituents is 2. The highest BCUT2D eigenvalue weighted by Crippen LogP contribution is 2.41. The summed E-state index contributed by atoms with van der Waals surface area (Å²) >= 11 is 0. The van der Waals surface area contributed by atoms with Crippen LogP contribution in [0.3, 0.4) is 0 Å². The quantitative estimate of drug-likeness (QED) is 0.807. The minimum absolute atomic E-state index is 0.0443. The summed E-state index contributed by atoms with van der Waals surface area (Å²) in [6.45, 7) is 0.600. The first-order valence-corrected chi connectivity index (χ1v) is 8.86. The largest absolute Gasteiger partial charge is 0.504 e. The number of rotatable bonds is 6. The Morgan fingerprint density at radius 3 is 2.44 bits per heavy atom. The molecule has 0 aliphatic carbocycles. The normalized spacial score (nSPS) is 19.9. The minimum atomic E-state index is -0.393. The van der Waals surface area contributed by atoms with Crippen molar-refractivity contribution in [2.75, 3.05) is 34.9 Å². The summed E-state index contributed by atoms with van der Waals surface area (Å²) in [5, 5.41) is 20.4. The van der Waals surface area contributed by atoms with Crippen LogP contribution in [0, 0.1) is 0 Å². The topological polar surface area (TPSA) is 71.4 Å². The predicted octanol–water partition coefficient (Wildman–Crippen LogP) is 3.29. The number of phenols is 2. The molecule has 0 aromatic heterocycles. The number of fused-ring (bicyclic) bond motifs is 1. The molecular weight excluding hydrogens is 346 g/mol. The van der Waals surface area contributed by atoms with Gasteiger partial charge in [0.05, 0.1) is 21.3 Å². The Bertz CT molecular complexity index is 857. The maximum absolute atomic E-state index is 10.2. The van der Waals surface area contributed by atoms with E-state index in [2.05, 4.69) is 4.90 Å². The molecule has 1 aliphatic rings. The molecule has 27 heavy (non-hydrogen) atoms. The summed E-state index contributed by atoms with van der Waals surface area (Å²) < 4.78 is 24.1. The Morgan fingerprint density at radius 1 is 1.04 bits per heavy atom. The number of nitrogens with zero attached hydrogens (tertiary/aromatic N) is 1. The molecule has 0 saturated heterocycles. The van der Waals surface area contributed by atoms with Crippen molar-refractivity contribution in [2.45, 2.75) is 25.3 Å².